The lowest BCUT2D eigenvalue weighted by Crippen LogP contribution is -2.41. The second-order valence-electron chi connectivity index (χ2n) is 5.76. The molecular weight excluding hydrogens is 300 g/mol. The number of aryl methyl sites for hydroxylation is 1. The molecule has 0 aromatic carbocycles. The SMILES string of the molecule is Cc1ccc(-c2nc(CC(=O)N3CCCC(CO)C3)cs2)o1. The van der Waals surface area contributed by atoms with Gasteiger partial charge in [-0.05, 0) is 37.8 Å². The minimum Gasteiger partial charge on any atom is -0.459 e. The van der Waals surface area contributed by atoms with Crippen LogP contribution in [-0.4, -0.2) is 40.6 Å². The highest BCUT2D eigenvalue weighted by molar-refractivity contribution is 7.13. The van der Waals surface area contributed by atoms with Crippen LogP contribution in [0, 0.1) is 12.8 Å². The number of nitrogens with zero attached hydrogens (tertiary/aromatic N) is 2. The second-order valence-corrected chi connectivity index (χ2v) is 6.62. The molecule has 1 atom stereocenters. The van der Waals surface area contributed by atoms with Crippen molar-refractivity contribution < 1.29 is 14.3 Å². The van der Waals surface area contributed by atoms with Crippen LogP contribution in [0.25, 0.3) is 10.8 Å². The molecule has 0 saturated carbocycles. The third kappa shape index (κ3) is 3.39. The Labute approximate surface area is 133 Å². The third-order valence-electron chi connectivity index (χ3n) is 3.97. The van der Waals surface area contributed by atoms with Crippen molar-refractivity contribution in [1.82, 2.24) is 9.88 Å². The summed E-state index contributed by atoms with van der Waals surface area (Å²) in [6.45, 7) is 3.49. The van der Waals surface area contributed by atoms with Crippen LogP contribution in [0.4, 0.5) is 0 Å². The van der Waals surface area contributed by atoms with Gasteiger partial charge < -0.3 is 14.4 Å². The lowest BCUT2D eigenvalue weighted by molar-refractivity contribution is -0.132. The molecule has 1 aliphatic heterocycles. The Bertz CT molecular complexity index is 649. The van der Waals surface area contributed by atoms with E-state index in [4.69, 9.17) is 4.42 Å². The van der Waals surface area contributed by atoms with Crippen molar-refractivity contribution >= 4 is 17.2 Å². The molecule has 1 aliphatic rings. The fraction of sp³-hybridized carbons (Fsp3) is 0.500. The van der Waals surface area contributed by atoms with Crippen molar-refractivity contribution in [2.75, 3.05) is 19.7 Å². The van der Waals surface area contributed by atoms with E-state index in [1.165, 1.54) is 11.3 Å². The Hall–Kier alpha value is -1.66. The van der Waals surface area contributed by atoms with Gasteiger partial charge in [0.25, 0.3) is 0 Å². The van der Waals surface area contributed by atoms with E-state index in [1.807, 2.05) is 29.3 Å². The average Bonchev–Trinajstić information content (AvgIpc) is 3.16. The number of furan rings is 1. The summed E-state index contributed by atoms with van der Waals surface area (Å²) in [5.41, 5.74) is 0.783. The van der Waals surface area contributed by atoms with Gasteiger partial charge in [-0.3, -0.25) is 4.79 Å². The van der Waals surface area contributed by atoms with E-state index < -0.39 is 0 Å². The Morgan fingerprint density at radius 2 is 2.41 bits per heavy atom. The number of amides is 1. The van der Waals surface area contributed by atoms with E-state index in [0.29, 0.717) is 13.0 Å². The Kier molecular flexibility index (Phi) is 4.59. The summed E-state index contributed by atoms with van der Waals surface area (Å²) in [4.78, 5) is 18.7. The molecule has 3 heterocycles. The molecule has 2 aromatic heterocycles. The first-order valence-corrected chi connectivity index (χ1v) is 8.43. The van der Waals surface area contributed by atoms with Gasteiger partial charge in [0.2, 0.25) is 5.91 Å². The standard InChI is InChI=1S/C16H20N2O3S/c1-11-4-5-14(21-11)16-17-13(10-22-16)7-15(20)18-6-2-3-12(8-18)9-19/h4-5,10,12,19H,2-3,6-9H2,1H3. The zero-order valence-electron chi connectivity index (χ0n) is 12.6. The van der Waals surface area contributed by atoms with Crippen LogP contribution in [-0.2, 0) is 11.2 Å². The summed E-state index contributed by atoms with van der Waals surface area (Å²) in [5, 5.41) is 12.0. The topological polar surface area (TPSA) is 66.6 Å². The maximum Gasteiger partial charge on any atom is 0.228 e. The lowest BCUT2D eigenvalue weighted by Gasteiger charge is -2.31. The van der Waals surface area contributed by atoms with Crippen molar-refractivity contribution in [2.45, 2.75) is 26.2 Å². The highest BCUT2D eigenvalue weighted by atomic mass is 32.1. The lowest BCUT2D eigenvalue weighted by atomic mass is 9.99. The molecule has 1 N–H and O–H groups in total. The number of piperidine rings is 1. The van der Waals surface area contributed by atoms with Crippen molar-refractivity contribution in [3.05, 3.63) is 29.0 Å². The van der Waals surface area contributed by atoms with Gasteiger partial charge in [-0.1, -0.05) is 0 Å². The maximum absolute atomic E-state index is 12.4. The van der Waals surface area contributed by atoms with Gasteiger partial charge in [-0.2, -0.15) is 0 Å². The molecule has 1 amide bonds. The van der Waals surface area contributed by atoms with Gasteiger partial charge in [0.05, 0.1) is 12.1 Å². The zero-order valence-corrected chi connectivity index (χ0v) is 13.4. The number of aliphatic hydroxyl groups is 1. The zero-order chi connectivity index (χ0) is 15.5. The second kappa shape index (κ2) is 6.62. The fourth-order valence-electron chi connectivity index (χ4n) is 2.76. The number of thiazole rings is 1. The minimum absolute atomic E-state index is 0.0885. The summed E-state index contributed by atoms with van der Waals surface area (Å²) in [7, 11) is 0. The number of aromatic nitrogens is 1. The van der Waals surface area contributed by atoms with Crippen molar-refractivity contribution in [3.8, 4) is 10.8 Å². The number of aliphatic hydroxyl groups excluding tert-OH is 1. The molecule has 0 aliphatic carbocycles. The van der Waals surface area contributed by atoms with Crippen LogP contribution in [0.2, 0.25) is 0 Å². The van der Waals surface area contributed by atoms with Gasteiger partial charge in [-0.15, -0.1) is 11.3 Å². The van der Waals surface area contributed by atoms with Gasteiger partial charge >= 0.3 is 0 Å². The number of carbonyl (C=O) groups excluding carboxylic acids is 1. The molecule has 0 radical (unpaired) electrons. The van der Waals surface area contributed by atoms with Gasteiger partial charge in [0, 0.05) is 25.1 Å². The van der Waals surface area contributed by atoms with E-state index >= 15 is 0 Å². The van der Waals surface area contributed by atoms with Crippen molar-refractivity contribution in [1.29, 1.82) is 0 Å². The Morgan fingerprint density at radius 3 is 3.14 bits per heavy atom. The molecule has 0 bridgehead atoms. The number of carbonyl (C=O) groups is 1. The molecule has 6 heteroatoms. The molecule has 1 fully saturated rings. The number of hydrogen-bond donors (Lipinski definition) is 1. The molecule has 2 aromatic rings. The van der Waals surface area contributed by atoms with E-state index in [0.717, 1.165) is 41.6 Å². The molecule has 1 unspecified atom stereocenters. The average molecular weight is 320 g/mol. The van der Waals surface area contributed by atoms with E-state index in [9.17, 15) is 9.90 Å². The van der Waals surface area contributed by atoms with Crippen molar-refractivity contribution in [2.24, 2.45) is 5.92 Å². The molecule has 118 valence electrons. The minimum atomic E-state index is 0.0885. The largest absolute Gasteiger partial charge is 0.459 e. The monoisotopic (exact) mass is 320 g/mol. The van der Waals surface area contributed by atoms with E-state index in [2.05, 4.69) is 4.98 Å². The summed E-state index contributed by atoms with van der Waals surface area (Å²) in [6.07, 6.45) is 2.28. The summed E-state index contributed by atoms with van der Waals surface area (Å²) in [5.74, 6) is 1.91. The normalized spacial score (nSPS) is 18.6. The molecule has 3 rings (SSSR count). The van der Waals surface area contributed by atoms with Gasteiger partial charge in [0.15, 0.2) is 10.8 Å². The van der Waals surface area contributed by atoms with Crippen LogP contribution in [0.15, 0.2) is 21.9 Å². The van der Waals surface area contributed by atoms with E-state index in [1.54, 1.807) is 0 Å². The number of rotatable bonds is 4. The number of likely N-dealkylation sites (tertiary alicyclic amines) is 1. The smallest absolute Gasteiger partial charge is 0.228 e. The van der Waals surface area contributed by atoms with Crippen LogP contribution in [0.3, 0.4) is 0 Å². The van der Waals surface area contributed by atoms with Crippen LogP contribution in [0.1, 0.15) is 24.3 Å². The maximum atomic E-state index is 12.4. The van der Waals surface area contributed by atoms with Crippen molar-refractivity contribution in [3.63, 3.8) is 0 Å². The summed E-state index contributed by atoms with van der Waals surface area (Å²) in [6, 6.07) is 3.81. The fourth-order valence-corrected chi connectivity index (χ4v) is 3.54. The van der Waals surface area contributed by atoms with Gasteiger partial charge in [-0.25, -0.2) is 4.98 Å². The molecule has 22 heavy (non-hydrogen) atoms. The number of hydrogen-bond acceptors (Lipinski definition) is 5. The Morgan fingerprint density at radius 1 is 1.55 bits per heavy atom. The first kappa shape index (κ1) is 15.2. The van der Waals surface area contributed by atoms with Crippen LogP contribution >= 0.6 is 11.3 Å². The predicted molar refractivity (Wildman–Crippen MR) is 84.6 cm³/mol. The molecular formula is C16H20N2O3S. The quantitative estimate of drug-likeness (QED) is 0.940. The first-order valence-electron chi connectivity index (χ1n) is 7.55. The van der Waals surface area contributed by atoms with E-state index in [-0.39, 0.29) is 18.4 Å². The predicted octanol–water partition coefficient (Wildman–Crippen LogP) is 2.48. The molecule has 5 nitrogen and oxygen atoms in total. The molecule has 1 saturated heterocycles. The molecule has 0 spiro atoms. The van der Waals surface area contributed by atoms with Crippen LogP contribution in [0.5, 0.6) is 0 Å². The highest BCUT2D eigenvalue weighted by Crippen LogP contribution is 2.26. The highest BCUT2D eigenvalue weighted by Gasteiger charge is 2.23. The first-order chi connectivity index (χ1) is 10.7. The summed E-state index contributed by atoms with van der Waals surface area (Å²) >= 11 is 1.49. The summed E-state index contributed by atoms with van der Waals surface area (Å²) < 4.78 is 5.56. The Balaban J connectivity index is 1.63. The van der Waals surface area contributed by atoms with Crippen LogP contribution < -0.4 is 0 Å². The third-order valence-corrected chi connectivity index (χ3v) is 4.87. The van der Waals surface area contributed by atoms with Gasteiger partial charge in [0.1, 0.15) is 5.76 Å².